The lowest BCUT2D eigenvalue weighted by atomic mass is 10.0. The van der Waals surface area contributed by atoms with E-state index in [1.165, 1.54) is 34.5 Å². The van der Waals surface area contributed by atoms with Crippen LogP contribution in [-0.2, 0) is 13.0 Å². The normalized spacial score (nSPS) is 13.4. The quantitative estimate of drug-likeness (QED) is 0.537. The molecule has 0 unspecified atom stereocenters. The van der Waals surface area contributed by atoms with Gasteiger partial charge in [0.15, 0.2) is 0 Å². The van der Waals surface area contributed by atoms with Crippen LogP contribution in [0.25, 0.3) is 22.4 Å². The third kappa shape index (κ3) is 2.35. The molecule has 1 aliphatic rings. The average Bonchev–Trinajstić information content (AvgIpc) is 3.10. The highest BCUT2D eigenvalue weighted by Crippen LogP contribution is 2.38. The third-order valence-electron chi connectivity index (χ3n) is 4.27. The summed E-state index contributed by atoms with van der Waals surface area (Å²) >= 11 is 12.1. The highest BCUT2D eigenvalue weighted by molar-refractivity contribution is 6.31. The van der Waals surface area contributed by atoms with Gasteiger partial charge in [0.2, 0.25) is 0 Å². The van der Waals surface area contributed by atoms with Crippen LogP contribution in [-0.4, -0.2) is 4.57 Å². The molecule has 0 saturated carbocycles. The fraction of sp³-hybridized carbons (Fsp3) is 0.158. The van der Waals surface area contributed by atoms with Crippen molar-refractivity contribution in [2.24, 2.45) is 0 Å². The van der Waals surface area contributed by atoms with Crippen LogP contribution in [0.5, 0.6) is 0 Å². The van der Waals surface area contributed by atoms with Gasteiger partial charge >= 0.3 is 0 Å². The van der Waals surface area contributed by atoms with Crippen molar-refractivity contribution in [1.29, 1.82) is 0 Å². The highest BCUT2D eigenvalue weighted by atomic mass is 35.5. The molecule has 0 N–H and O–H groups in total. The molecular weight excluding hydrogens is 313 g/mol. The smallest absolute Gasteiger partial charge is 0.0562 e. The van der Waals surface area contributed by atoms with Gasteiger partial charge in [0, 0.05) is 27.8 Å². The molecule has 0 bridgehead atoms. The van der Waals surface area contributed by atoms with Crippen molar-refractivity contribution in [2.75, 3.05) is 0 Å². The molecule has 0 amide bonds. The third-order valence-corrected chi connectivity index (χ3v) is 4.77. The second-order valence-corrected chi connectivity index (χ2v) is 6.54. The van der Waals surface area contributed by atoms with E-state index in [0.29, 0.717) is 0 Å². The Morgan fingerprint density at radius 1 is 0.773 bits per heavy atom. The van der Waals surface area contributed by atoms with Crippen LogP contribution in [0.4, 0.5) is 0 Å². The Morgan fingerprint density at radius 2 is 1.36 bits per heavy atom. The summed E-state index contributed by atoms with van der Waals surface area (Å²) in [6.07, 6.45) is 2.37. The Bertz CT molecular complexity index is 814. The zero-order valence-electron chi connectivity index (χ0n) is 12.0. The molecule has 0 saturated heterocycles. The van der Waals surface area contributed by atoms with Gasteiger partial charge in [0.25, 0.3) is 0 Å². The summed E-state index contributed by atoms with van der Waals surface area (Å²) in [7, 11) is 0. The number of hydrogen-bond donors (Lipinski definition) is 0. The average molecular weight is 328 g/mol. The zero-order chi connectivity index (χ0) is 15.1. The summed E-state index contributed by atoms with van der Waals surface area (Å²) in [5, 5.41) is 1.54. The van der Waals surface area contributed by atoms with E-state index in [1.807, 2.05) is 24.3 Å². The number of nitrogens with zero attached hydrogens (tertiary/aromatic N) is 1. The van der Waals surface area contributed by atoms with Gasteiger partial charge in [-0.05, 0) is 54.3 Å². The summed E-state index contributed by atoms with van der Waals surface area (Å²) in [6, 6.07) is 18.5. The predicted octanol–water partition coefficient (Wildman–Crippen LogP) is 6.08. The largest absolute Gasteiger partial charge is 0.344 e. The molecule has 0 radical (unpaired) electrons. The summed E-state index contributed by atoms with van der Waals surface area (Å²) in [5.74, 6) is 0. The van der Waals surface area contributed by atoms with Gasteiger partial charge in [-0.15, -0.1) is 0 Å². The van der Waals surface area contributed by atoms with E-state index < -0.39 is 0 Å². The number of fused-ring (bicyclic) bond motifs is 1. The number of aromatic nitrogens is 1. The molecule has 1 aliphatic heterocycles. The molecule has 2 heterocycles. The molecule has 3 heteroatoms. The molecule has 0 aliphatic carbocycles. The fourth-order valence-electron chi connectivity index (χ4n) is 3.25. The SMILES string of the molecule is Clc1ccc(-c2cc3n(c2-c2ccc(Cl)cc2)CCC3)cc1. The van der Waals surface area contributed by atoms with Crippen molar-refractivity contribution in [2.45, 2.75) is 19.4 Å². The summed E-state index contributed by atoms with van der Waals surface area (Å²) in [6.45, 7) is 1.08. The molecule has 0 atom stereocenters. The van der Waals surface area contributed by atoms with Crippen LogP contribution in [0.3, 0.4) is 0 Å². The minimum Gasteiger partial charge on any atom is -0.344 e. The number of aryl methyl sites for hydroxylation is 1. The van der Waals surface area contributed by atoms with Crippen LogP contribution < -0.4 is 0 Å². The second-order valence-electron chi connectivity index (χ2n) is 5.67. The standard InChI is InChI=1S/C19H15Cl2N/c20-15-7-3-13(4-8-15)18-12-17-2-1-11-22(17)19(18)14-5-9-16(21)10-6-14/h3-10,12H,1-2,11H2. The van der Waals surface area contributed by atoms with Gasteiger partial charge in [-0.25, -0.2) is 0 Å². The van der Waals surface area contributed by atoms with Crippen molar-refractivity contribution in [3.8, 4) is 22.4 Å². The molecule has 2 aromatic carbocycles. The maximum absolute atomic E-state index is 6.04. The molecule has 4 rings (SSSR count). The zero-order valence-corrected chi connectivity index (χ0v) is 13.5. The minimum atomic E-state index is 0.767. The first kappa shape index (κ1) is 13.9. The summed E-state index contributed by atoms with van der Waals surface area (Å²) in [4.78, 5) is 0. The van der Waals surface area contributed by atoms with Gasteiger partial charge < -0.3 is 4.57 Å². The Kier molecular flexibility index (Phi) is 3.48. The lowest BCUT2D eigenvalue weighted by Gasteiger charge is -2.10. The first-order valence-corrected chi connectivity index (χ1v) is 8.22. The van der Waals surface area contributed by atoms with E-state index in [9.17, 15) is 0 Å². The topological polar surface area (TPSA) is 4.93 Å². The maximum Gasteiger partial charge on any atom is 0.0562 e. The van der Waals surface area contributed by atoms with E-state index in [0.717, 1.165) is 23.0 Å². The van der Waals surface area contributed by atoms with Gasteiger partial charge in [0.1, 0.15) is 0 Å². The van der Waals surface area contributed by atoms with Gasteiger partial charge in [0.05, 0.1) is 5.69 Å². The van der Waals surface area contributed by atoms with Crippen molar-refractivity contribution >= 4 is 23.2 Å². The van der Waals surface area contributed by atoms with Gasteiger partial charge in [-0.3, -0.25) is 0 Å². The molecular formula is C19H15Cl2N. The van der Waals surface area contributed by atoms with Crippen LogP contribution in [0.15, 0.2) is 54.6 Å². The predicted molar refractivity (Wildman–Crippen MR) is 93.6 cm³/mol. The summed E-state index contributed by atoms with van der Waals surface area (Å²) in [5.41, 5.74) is 6.38. The molecule has 1 nitrogen and oxygen atoms in total. The fourth-order valence-corrected chi connectivity index (χ4v) is 3.50. The first-order valence-electron chi connectivity index (χ1n) is 7.47. The molecule has 22 heavy (non-hydrogen) atoms. The highest BCUT2D eigenvalue weighted by Gasteiger charge is 2.21. The van der Waals surface area contributed by atoms with Gasteiger partial charge in [-0.1, -0.05) is 47.5 Å². The monoisotopic (exact) mass is 327 g/mol. The molecule has 3 aromatic rings. The maximum atomic E-state index is 6.04. The van der Waals surface area contributed by atoms with Crippen LogP contribution in [0, 0.1) is 0 Å². The van der Waals surface area contributed by atoms with Crippen molar-refractivity contribution in [1.82, 2.24) is 4.57 Å². The Morgan fingerprint density at radius 3 is 2.00 bits per heavy atom. The lowest BCUT2D eigenvalue weighted by molar-refractivity contribution is 0.757. The van der Waals surface area contributed by atoms with E-state index in [4.69, 9.17) is 23.2 Å². The van der Waals surface area contributed by atoms with Gasteiger partial charge in [-0.2, -0.15) is 0 Å². The lowest BCUT2D eigenvalue weighted by Crippen LogP contribution is -1.96. The van der Waals surface area contributed by atoms with E-state index in [1.54, 1.807) is 0 Å². The molecule has 1 aromatic heterocycles. The van der Waals surface area contributed by atoms with E-state index in [-0.39, 0.29) is 0 Å². The van der Waals surface area contributed by atoms with Crippen LogP contribution >= 0.6 is 23.2 Å². The second kappa shape index (κ2) is 5.49. The Labute approximate surface area is 140 Å². The Balaban J connectivity index is 1.92. The molecule has 0 spiro atoms. The molecule has 110 valence electrons. The van der Waals surface area contributed by atoms with Crippen molar-refractivity contribution in [3.63, 3.8) is 0 Å². The van der Waals surface area contributed by atoms with Crippen LogP contribution in [0.1, 0.15) is 12.1 Å². The van der Waals surface area contributed by atoms with E-state index in [2.05, 4.69) is 34.9 Å². The van der Waals surface area contributed by atoms with E-state index >= 15 is 0 Å². The first-order chi connectivity index (χ1) is 10.7. The number of hydrogen-bond acceptors (Lipinski definition) is 0. The summed E-state index contributed by atoms with van der Waals surface area (Å²) < 4.78 is 2.44. The van der Waals surface area contributed by atoms with Crippen molar-refractivity contribution < 1.29 is 0 Å². The number of benzene rings is 2. The van der Waals surface area contributed by atoms with Crippen LogP contribution in [0.2, 0.25) is 10.0 Å². The minimum absolute atomic E-state index is 0.767. The van der Waals surface area contributed by atoms with Crippen molar-refractivity contribution in [3.05, 3.63) is 70.3 Å². The molecule has 0 fully saturated rings. The Hall–Kier alpha value is -1.70. The number of halogens is 2. The number of rotatable bonds is 2.